The minimum atomic E-state index is 0.770. The van der Waals surface area contributed by atoms with Crippen molar-refractivity contribution in [3.05, 3.63) is 53.1 Å². The molecule has 0 aliphatic heterocycles. The summed E-state index contributed by atoms with van der Waals surface area (Å²) in [6.45, 7) is 0. The van der Waals surface area contributed by atoms with Gasteiger partial charge in [-0.3, -0.25) is 0 Å². The van der Waals surface area contributed by atoms with Gasteiger partial charge in [-0.2, -0.15) is 0 Å². The molecule has 3 aromatic rings. The van der Waals surface area contributed by atoms with Crippen molar-refractivity contribution in [1.29, 1.82) is 0 Å². The fraction of sp³-hybridized carbons (Fsp3) is 0.0714. The van der Waals surface area contributed by atoms with Crippen molar-refractivity contribution < 1.29 is 0 Å². The summed E-state index contributed by atoms with van der Waals surface area (Å²) < 4.78 is 1.20. The monoisotopic (exact) mass is 337 g/mol. The van der Waals surface area contributed by atoms with E-state index in [-0.39, 0.29) is 0 Å². The van der Waals surface area contributed by atoms with E-state index in [0.717, 1.165) is 32.0 Å². The molecule has 0 saturated carbocycles. The first-order valence-corrected chi connectivity index (χ1v) is 7.80. The number of rotatable bonds is 2. The second kappa shape index (κ2) is 5.00. The maximum Gasteiger partial charge on any atom is 0.124 e. The van der Waals surface area contributed by atoms with Crippen LogP contribution in [0.2, 0.25) is 5.02 Å². The third kappa shape index (κ3) is 2.18. The lowest BCUT2D eigenvalue weighted by atomic mass is 10.1. The van der Waals surface area contributed by atoms with Crippen molar-refractivity contribution in [1.82, 2.24) is 4.98 Å². The Labute approximate surface area is 123 Å². The molecule has 0 N–H and O–H groups in total. The van der Waals surface area contributed by atoms with Gasteiger partial charge in [-0.25, -0.2) is 4.98 Å². The van der Waals surface area contributed by atoms with E-state index in [0.29, 0.717) is 0 Å². The smallest absolute Gasteiger partial charge is 0.124 e. The third-order valence-electron chi connectivity index (χ3n) is 2.74. The van der Waals surface area contributed by atoms with Gasteiger partial charge in [-0.1, -0.05) is 51.8 Å². The van der Waals surface area contributed by atoms with Gasteiger partial charge in [0.05, 0.1) is 10.2 Å². The average molecular weight is 339 g/mol. The van der Waals surface area contributed by atoms with Crippen molar-refractivity contribution >= 4 is 49.1 Å². The van der Waals surface area contributed by atoms with Crippen LogP contribution in [-0.2, 0) is 5.33 Å². The number of nitrogens with zero attached hydrogens (tertiary/aromatic N) is 1. The van der Waals surface area contributed by atoms with E-state index < -0.39 is 0 Å². The number of para-hydroxylation sites is 1. The lowest BCUT2D eigenvalue weighted by Gasteiger charge is -2.02. The molecule has 0 bridgehead atoms. The van der Waals surface area contributed by atoms with Crippen LogP contribution >= 0.6 is 38.9 Å². The first-order chi connectivity index (χ1) is 8.78. The summed E-state index contributed by atoms with van der Waals surface area (Å²) in [6.07, 6.45) is 0. The van der Waals surface area contributed by atoms with E-state index in [1.807, 2.05) is 30.3 Å². The molecule has 0 amide bonds. The number of fused-ring (bicyclic) bond motifs is 1. The summed E-state index contributed by atoms with van der Waals surface area (Å²) in [5, 5.41) is 2.56. The van der Waals surface area contributed by atoms with Gasteiger partial charge < -0.3 is 0 Å². The first kappa shape index (κ1) is 12.2. The fourth-order valence-corrected chi connectivity index (χ4v) is 3.64. The van der Waals surface area contributed by atoms with Crippen LogP contribution in [0.25, 0.3) is 20.8 Å². The van der Waals surface area contributed by atoms with Crippen molar-refractivity contribution in [2.75, 3.05) is 0 Å². The Bertz CT molecular complexity index is 675. The van der Waals surface area contributed by atoms with Gasteiger partial charge in [0.25, 0.3) is 0 Å². The lowest BCUT2D eigenvalue weighted by molar-refractivity contribution is 1.42. The van der Waals surface area contributed by atoms with Crippen molar-refractivity contribution in [3.8, 4) is 10.6 Å². The molecule has 4 heteroatoms. The Morgan fingerprint density at radius 1 is 1.17 bits per heavy atom. The summed E-state index contributed by atoms with van der Waals surface area (Å²) in [4.78, 5) is 4.63. The van der Waals surface area contributed by atoms with Gasteiger partial charge in [0.2, 0.25) is 0 Å². The molecule has 0 aliphatic rings. The molecule has 0 fully saturated rings. The normalized spacial score (nSPS) is 11.0. The minimum absolute atomic E-state index is 0.770. The topological polar surface area (TPSA) is 12.9 Å². The summed E-state index contributed by atoms with van der Waals surface area (Å²) in [7, 11) is 0. The predicted molar refractivity (Wildman–Crippen MR) is 82.7 cm³/mol. The average Bonchev–Trinajstić information content (AvgIpc) is 2.82. The molecule has 1 nitrogen and oxygen atoms in total. The molecular weight excluding hydrogens is 330 g/mol. The highest BCUT2D eigenvalue weighted by molar-refractivity contribution is 9.08. The van der Waals surface area contributed by atoms with E-state index in [1.54, 1.807) is 11.3 Å². The maximum atomic E-state index is 6.22. The van der Waals surface area contributed by atoms with Crippen LogP contribution in [0.3, 0.4) is 0 Å². The molecule has 0 unspecified atom stereocenters. The van der Waals surface area contributed by atoms with Gasteiger partial charge in [0.15, 0.2) is 0 Å². The number of benzene rings is 2. The molecule has 18 heavy (non-hydrogen) atoms. The van der Waals surface area contributed by atoms with Gasteiger partial charge in [0.1, 0.15) is 5.01 Å². The molecule has 0 saturated heterocycles. The van der Waals surface area contributed by atoms with Crippen molar-refractivity contribution in [2.45, 2.75) is 5.33 Å². The third-order valence-corrected chi connectivity index (χ3v) is 4.78. The van der Waals surface area contributed by atoms with Crippen LogP contribution < -0.4 is 0 Å². The highest BCUT2D eigenvalue weighted by Crippen LogP contribution is 2.32. The Balaban J connectivity index is 2.11. The SMILES string of the molecule is Clc1cc(-c2nc3ccccc3s2)ccc1CBr. The molecule has 0 aliphatic carbocycles. The summed E-state index contributed by atoms with van der Waals surface area (Å²) in [5.74, 6) is 0. The number of hydrogen-bond donors (Lipinski definition) is 0. The number of alkyl halides is 1. The molecule has 2 aromatic carbocycles. The highest BCUT2D eigenvalue weighted by atomic mass is 79.9. The van der Waals surface area contributed by atoms with E-state index in [2.05, 4.69) is 33.0 Å². The second-order valence-corrected chi connectivity index (χ2v) is 5.93. The lowest BCUT2D eigenvalue weighted by Crippen LogP contribution is -1.82. The van der Waals surface area contributed by atoms with Gasteiger partial charge in [0, 0.05) is 15.9 Å². The van der Waals surface area contributed by atoms with Crippen molar-refractivity contribution in [2.24, 2.45) is 0 Å². The van der Waals surface area contributed by atoms with E-state index >= 15 is 0 Å². The Hall–Kier alpha value is -0.900. The first-order valence-electron chi connectivity index (χ1n) is 5.48. The van der Waals surface area contributed by atoms with Crippen LogP contribution in [0.15, 0.2) is 42.5 Å². The molecule has 1 heterocycles. The van der Waals surface area contributed by atoms with Gasteiger partial charge in [-0.15, -0.1) is 11.3 Å². The largest absolute Gasteiger partial charge is 0.236 e. The number of thiazole rings is 1. The summed E-state index contributed by atoms with van der Waals surface area (Å²) in [6, 6.07) is 14.3. The van der Waals surface area contributed by atoms with Crippen LogP contribution in [0, 0.1) is 0 Å². The zero-order valence-corrected chi connectivity index (χ0v) is 12.5. The maximum absolute atomic E-state index is 6.22. The van der Waals surface area contributed by atoms with E-state index in [1.165, 1.54) is 4.70 Å². The zero-order valence-electron chi connectivity index (χ0n) is 9.36. The minimum Gasteiger partial charge on any atom is -0.236 e. The van der Waals surface area contributed by atoms with Crippen LogP contribution in [0.1, 0.15) is 5.56 Å². The Morgan fingerprint density at radius 2 is 2.00 bits per heavy atom. The van der Waals surface area contributed by atoms with E-state index in [9.17, 15) is 0 Å². The van der Waals surface area contributed by atoms with E-state index in [4.69, 9.17) is 11.6 Å². The standard InChI is InChI=1S/C14H9BrClNS/c15-8-10-6-5-9(7-11(10)16)14-17-12-3-1-2-4-13(12)18-14/h1-7H,8H2. The quantitative estimate of drug-likeness (QED) is 0.561. The fourth-order valence-electron chi connectivity index (χ4n) is 1.78. The van der Waals surface area contributed by atoms with Crippen LogP contribution in [-0.4, -0.2) is 4.98 Å². The molecule has 3 rings (SSSR count). The van der Waals surface area contributed by atoms with Crippen LogP contribution in [0.5, 0.6) is 0 Å². The second-order valence-electron chi connectivity index (χ2n) is 3.93. The molecule has 0 atom stereocenters. The molecule has 0 spiro atoms. The number of aromatic nitrogens is 1. The van der Waals surface area contributed by atoms with Crippen molar-refractivity contribution in [3.63, 3.8) is 0 Å². The number of hydrogen-bond acceptors (Lipinski definition) is 2. The molecule has 1 aromatic heterocycles. The van der Waals surface area contributed by atoms with Crippen LogP contribution in [0.4, 0.5) is 0 Å². The Kier molecular flexibility index (Phi) is 3.37. The molecule has 90 valence electrons. The highest BCUT2D eigenvalue weighted by Gasteiger charge is 2.07. The predicted octanol–water partition coefficient (Wildman–Crippen LogP) is 5.51. The Morgan fingerprint density at radius 3 is 2.72 bits per heavy atom. The number of halogens is 2. The molecule has 0 radical (unpaired) electrons. The van der Waals surface area contributed by atoms with Gasteiger partial charge >= 0.3 is 0 Å². The molecular formula is C14H9BrClNS. The zero-order chi connectivity index (χ0) is 12.5. The summed E-state index contributed by atoms with van der Waals surface area (Å²) >= 11 is 11.3. The van der Waals surface area contributed by atoms with Gasteiger partial charge in [-0.05, 0) is 23.8 Å². The summed E-state index contributed by atoms with van der Waals surface area (Å²) in [5.41, 5.74) is 3.21.